The van der Waals surface area contributed by atoms with Gasteiger partial charge in [0.2, 0.25) is 0 Å². The van der Waals surface area contributed by atoms with Crippen LogP contribution in [0.15, 0.2) is 0 Å². The summed E-state index contributed by atoms with van der Waals surface area (Å²) in [6.07, 6.45) is 5.01. The quantitative estimate of drug-likeness (QED) is 0.761. The largest absolute Gasteiger partial charge is 0.381 e. The Labute approximate surface area is 111 Å². The highest BCUT2D eigenvalue weighted by Crippen LogP contribution is 2.29. The lowest BCUT2D eigenvalue weighted by Gasteiger charge is -2.39. The molecular formula is C14H29N3O. The zero-order valence-corrected chi connectivity index (χ0v) is 11.9. The summed E-state index contributed by atoms with van der Waals surface area (Å²) in [7, 11) is 2.24. The lowest BCUT2D eigenvalue weighted by atomic mass is 9.80. The second-order valence-electron chi connectivity index (χ2n) is 6.10. The highest BCUT2D eigenvalue weighted by atomic mass is 16.5. The van der Waals surface area contributed by atoms with E-state index in [9.17, 15) is 0 Å². The van der Waals surface area contributed by atoms with Crippen molar-refractivity contribution < 1.29 is 4.74 Å². The molecule has 0 amide bonds. The molecule has 0 atom stereocenters. The summed E-state index contributed by atoms with van der Waals surface area (Å²) in [4.78, 5) is 5.05. The van der Waals surface area contributed by atoms with E-state index in [0.717, 1.165) is 39.1 Å². The molecule has 2 N–H and O–H groups in total. The normalized spacial score (nSPS) is 24.8. The Bertz CT molecular complexity index is 235. The van der Waals surface area contributed by atoms with Crippen LogP contribution in [0.3, 0.4) is 0 Å². The number of likely N-dealkylation sites (tertiary alicyclic amines) is 1. The van der Waals surface area contributed by atoms with Crippen molar-refractivity contribution in [1.29, 1.82) is 0 Å². The smallest absolute Gasteiger partial charge is 0.0472 e. The summed E-state index contributed by atoms with van der Waals surface area (Å²) >= 11 is 0. The first kappa shape index (κ1) is 14.3. The van der Waals surface area contributed by atoms with E-state index >= 15 is 0 Å². The van der Waals surface area contributed by atoms with Gasteiger partial charge < -0.3 is 20.3 Å². The highest BCUT2D eigenvalue weighted by molar-refractivity contribution is 4.85. The third kappa shape index (κ3) is 3.92. The summed E-state index contributed by atoms with van der Waals surface area (Å²) in [5.41, 5.74) is 6.32. The Morgan fingerprint density at radius 3 is 2.50 bits per heavy atom. The van der Waals surface area contributed by atoms with Crippen LogP contribution in [-0.4, -0.2) is 69.3 Å². The Hall–Kier alpha value is -0.160. The van der Waals surface area contributed by atoms with E-state index in [1.807, 2.05) is 0 Å². The average Bonchev–Trinajstić information content (AvgIpc) is 2.91. The van der Waals surface area contributed by atoms with Gasteiger partial charge in [0, 0.05) is 32.8 Å². The Kier molecular flexibility index (Phi) is 5.42. The van der Waals surface area contributed by atoms with Crippen LogP contribution in [0.25, 0.3) is 0 Å². The molecule has 0 aliphatic carbocycles. The van der Waals surface area contributed by atoms with Gasteiger partial charge >= 0.3 is 0 Å². The number of nitrogens with zero attached hydrogens (tertiary/aromatic N) is 2. The molecule has 2 fully saturated rings. The van der Waals surface area contributed by atoms with E-state index in [1.54, 1.807) is 0 Å². The molecule has 0 saturated carbocycles. The van der Waals surface area contributed by atoms with E-state index in [0.29, 0.717) is 5.41 Å². The zero-order valence-electron chi connectivity index (χ0n) is 11.9. The molecule has 4 heteroatoms. The highest BCUT2D eigenvalue weighted by Gasteiger charge is 2.32. The number of ether oxygens (including phenoxy) is 1. The summed E-state index contributed by atoms with van der Waals surface area (Å²) < 4.78 is 5.47. The molecule has 0 aromatic rings. The topological polar surface area (TPSA) is 41.7 Å². The van der Waals surface area contributed by atoms with Gasteiger partial charge in [-0.15, -0.1) is 0 Å². The zero-order chi connectivity index (χ0) is 12.8. The van der Waals surface area contributed by atoms with Crippen LogP contribution in [0.1, 0.15) is 25.7 Å². The summed E-state index contributed by atoms with van der Waals surface area (Å²) in [5, 5.41) is 0. The maximum absolute atomic E-state index is 6.01. The van der Waals surface area contributed by atoms with Gasteiger partial charge in [0.1, 0.15) is 0 Å². The van der Waals surface area contributed by atoms with E-state index in [1.165, 1.54) is 39.0 Å². The minimum atomic E-state index is 0.304. The average molecular weight is 255 g/mol. The molecule has 2 saturated heterocycles. The standard InChI is InChI=1S/C14H29N3O/c1-16(8-9-17-6-2-3-7-17)13-14(12-15)4-10-18-11-5-14/h2-13,15H2,1H3. The van der Waals surface area contributed by atoms with E-state index in [2.05, 4.69) is 16.8 Å². The molecule has 4 nitrogen and oxygen atoms in total. The van der Waals surface area contributed by atoms with Gasteiger partial charge in [-0.2, -0.15) is 0 Å². The SMILES string of the molecule is CN(CCN1CCCC1)CC1(CN)CCOCC1. The second kappa shape index (κ2) is 6.85. The Morgan fingerprint density at radius 1 is 1.22 bits per heavy atom. The molecule has 0 spiro atoms. The first-order valence-electron chi connectivity index (χ1n) is 7.43. The molecule has 2 rings (SSSR count). The van der Waals surface area contributed by atoms with Crippen LogP contribution in [-0.2, 0) is 4.74 Å². The van der Waals surface area contributed by atoms with Gasteiger partial charge in [0.05, 0.1) is 0 Å². The fraction of sp³-hybridized carbons (Fsp3) is 1.00. The van der Waals surface area contributed by atoms with Crippen LogP contribution in [0.2, 0.25) is 0 Å². The fourth-order valence-corrected chi connectivity index (χ4v) is 3.20. The Balaban J connectivity index is 1.72. The molecule has 18 heavy (non-hydrogen) atoms. The van der Waals surface area contributed by atoms with Gasteiger partial charge in [-0.3, -0.25) is 0 Å². The maximum Gasteiger partial charge on any atom is 0.0472 e. The van der Waals surface area contributed by atoms with Crippen molar-refractivity contribution in [3.8, 4) is 0 Å². The fourth-order valence-electron chi connectivity index (χ4n) is 3.20. The van der Waals surface area contributed by atoms with Crippen LogP contribution in [0, 0.1) is 5.41 Å². The summed E-state index contributed by atoms with van der Waals surface area (Å²) in [6, 6.07) is 0. The van der Waals surface area contributed by atoms with Gasteiger partial charge in [-0.25, -0.2) is 0 Å². The molecule has 2 heterocycles. The third-order valence-electron chi connectivity index (χ3n) is 4.59. The summed E-state index contributed by atoms with van der Waals surface area (Å²) in [6.45, 7) is 8.67. The number of nitrogens with two attached hydrogens (primary N) is 1. The second-order valence-corrected chi connectivity index (χ2v) is 6.10. The van der Waals surface area contributed by atoms with Gasteiger partial charge in [-0.1, -0.05) is 0 Å². The van der Waals surface area contributed by atoms with Crippen molar-refractivity contribution in [1.82, 2.24) is 9.80 Å². The molecule has 0 unspecified atom stereocenters. The third-order valence-corrected chi connectivity index (χ3v) is 4.59. The molecular weight excluding hydrogens is 226 g/mol. The minimum Gasteiger partial charge on any atom is -0.381 e. The number of hydrogen-bond donors (Lipinski definition) is 1. The lowest BCUT2D eigenvalue weighted by molar-refractivity contribution is 0.00294. The van der Waals surface area contributed by atoms with Gasteiger partial charge in [0.25, 0.3) is 0 Å². The molecule has 0 aromatic heterocycles. The molecule has 2 aliphatic rings. The number of likely N-dealkylation sites (N-methyl/N-ethyl adjacent to an activating group) is 1. The summed E-state index contributed by atoms with van der Waals surface area (Å²) in [5.74, 6) is 0. The van der Waals surface area contributed by atoms with E-state index in [-0.39, 0.29) is 0 Å². The predicted molar refractivity (Wildman–Crippen MR) is 74.7 cm³/mol. The van der Waals surface area contributed by atoms with Crippen LogP contribution in [0.5, 0.6) is 0 Å². The molecule has 106 valence electrons. The molecule has 2 aliphatic heterocycles. The van der Waals surface area contributed by atoms with Crippen molar-refractivity contribution in [2.45, 2.75) is 25.7 Å². The van der Waals surface area contributed by atoms with Crippen LogP contribution >= 0.6 is 0 Å². The molecule has 0 radical (unpaired) electrons. The van der Waals surface area contributed by atoms with Gasteiger partial charge in [0.15, 0.2) is 0 Å². The van der Waals surface area contributed by atoms with Crippen molar-refractivity contribution in [2.75, 3.05) is 59.5 Å². The maximum atomic E-state index is 6.01. The molecule has 0 bridgehead atoms. The van der Waals surface area contributed by atoms with Crippen molar-refractivity contribution in [3.05, 3.63) is 0 Å². The number of rotatable bonds is 6. The van der Waals surface area contributed by atoms with Crippen LogP contribution in [0.4, 0.5) is 0 Å². The van der Waals surface area contributed by atoms with Gasteiger partial charge in [-0.05, 0) is 57.8 Å². The van der Waals surface area contributed by atoms with Crippen molar-refractivity contribution >= 4 is 0 Å². The van der Waals surface area contributed by atoms with E-state index in [4.69, 9.17) is 10.5 Å². The molecule has 0 aromatic carbocycles. The van der Waals surface area contributed by atoms with Crippen molar-refractivity contribution in [3.63, 3.8) is 0 Å². The Morgan fingerprint density at radius 2 is 1.89 bits per heavy atom. The van der Waals surface area contributed by atoms with E-state index < -0.39 is 0 Å². The number of hydrogen-bond acceptors (Lipinski definition) is 4. The minimum absolute atomic E-state index is 0.304. The predicted octanol–water partition coefficient (Wildman–Crippen LogP) is 0.770. The van der Waals surface area contributed by atoms with Crippen molar-refractivity contribution in [2.24, 2.45) is 11.1 Å². The van der Waals surface area contributed by atoms with Crippen LogP contribution < -0.4 is 5.73 Å². The first-order valence-corrected chi connectivity index (χ1v) is 7.43. The lowest BCUT2D eigenvalue weighted by Crippen LogP contribution is -2.46. The monoisotopic (exact) mass is 255 g/mol. The first-order chi connectivity index (χ1) is 8.74.